The molecule has 1 N–H and O–H groups in total. The van der Waals surface area contributed by atoms with Gasteiger partial charge in [-0.15, -0.1) is 0 Å². The quantitative estimate of drug-likeness (QED) is 0.281. The molecular weight excluding hydrogens is 520 g/mol. The fourth-order valence-electron chi connectivity index (χ4n) is 5.05. The van der Waals surface area contributed by atoms with Crippen LogP contribution in [-0.2, 0) is 19.6 Å². The number of rotatable bonds is 8. The molecule has 5 aromatic rings. The number of oxazole rings is 1. The van der Waals surface area contributed by atoms with Crippen molar-refractivity contribution in [1.29, 1.82) is 0 Å². The summed E-state index contributed by atoms with van der Waals surface area (Å²) in [7, 11) is 0. The van der Waals surface area contributed by atoms with Gasteiger partial charge in [0.15, 0.2) is 18.1 Å². The number of nitrogens with one attached hydrogen (secondary N) is 1. The maximum Gasteiger partial charge on any atom is 0.290 e. The summed E-state index contributed by atoms with van der Waals surface area (Å²) >= 11 is 0. The van der Waals surface area contributed by atoms with Crippen molar-refractivity contribution in [2.24, 2.45) is 0 Å². The Hall–Kier alpha value is -5.18. The molecule has 4 heterocycles. The molecule has 0 bridgehead atoms. The number of aryl methyl sites for hydroxylation is 1. The lowest BCUT2D eigenvalue weighted by atomic mass is 9.87. The predicted octanol–water partition coefficient (Wildman–Crippen LogP) is 5.27. The van der Waals surface area contributed by atoms with Crippen LogP contribution in [0.1, 0.15) is 60.8 Å². The monoisotopic (exact) mass is 548 g/mol. The zero-order chi connectivity index (χ0) is 28.2. The Balaban J connectivity index is 1.19. The van der Waals surface area contributed by atoms with Crippen molar-refractivity contribution in [2.75, 3.05) is 6.54 Å². The van der Waals surface area contributed by atoms with E-state index in [0.29, 0.717) is 31.0 Å². The molecule has 0 spiro atoms. The third kappa shape index (κ3) is 5.74. The van der Waals surface area contributed by atoms with Crippen LogP contribution in [0.3, 0.4) is 0 Å². The summed E-state index contributed by atoms with van der Waals surface area (Å²) in [4.78, 5) is 36.1. The summed E-state index contributed by atoms with van der Waals surface area (Å²) in [6, 6.07) is 20.9. The van der Waals surface area contributed by atoms with Crippen molar-refractivity contribution in [3.05, 3.63) is 137 Å². The number of fused-ring (bicyclic) bond motifs is 1. The molecule has 206 valence electrons. The number of carbonyl (C=O) groups is 2. The molecule has 0 aliphatic carbocycles. The number of nitrogens with zero attached hydrogens (tertiary/aromatic N) is 3. The molecule has 1 aliphatic rings. The molecular formula is C32H28N4O5. The van der Waals surface area contributed by atoms with Crippen molar-refractivity contribution in [1.82, 2.24) is 20.2 Å². The van der Waals surface area contributed by atoms with Gasteiger partial charge in [0, 0.05) is 25.5 Å². The maximum absolute atomic E-state index is 13.5. The second-order valence-electron chi connectivity index (χ2n) is 9.86. The van der Waals surface area contributed by atoms with E-state index in [1.54, 1.807) is 24.5 Å². The van der Waals surface area contributed by atoms with Crippen molar-refractivity contribution in [3.8, 4) is 5.75 Å². The molecule has 1 atom stereocenters. The zero-order valence-electron chi connectivity index (χ0n) is 22.4. The van der Waals surface area contributed by atoms with E-state index in [0.717, 1.165) is 27.8 Å². The van der Waals surface area contributed by atoms with Gasteiger partial charge in [-0.2, -0.15) is 0 Å². The van der Waals surface area contributed by atoms with Gasteiger partial charge in [0.25, 0.3) is 11.8 Å². The summed E-state index contributed by atoms with van der Waals surface area (Å²) < 4.78 is 17.0. The van der Waals surface area contributed by atoms with Crippen molar-refractivity contribution in [2.45, 2.75) is 32.5 Å². The number of aromatic nitrogens is 2. The Labute approximate surface area is 236 Å². The topological polar surface area (TPSA) is 111 Å². The molecule has 3 aromatic heterocycles. The van der Waals surface area contributed by atoms with Gasteiger partial charge in [-0.05, 0) is 65.9 Å². The molecule has 0 saturated carbocycles. The van der Waals surface area contributed by atoms with Gasteiger partial charge in [0.2, 0.25) is 5.89 Å². The first-order valence-electron chi connectivity index (χ1n) is 13.3. The second-order valence-corrected chi connectivity index (χ2v) is 9.86. The van der Waals surface area contributed by atoms with Gasteiger partial charge in [0.05, 0.1) is 12.3 Å². The Morgan fingerprint density at radius 2 is 2.00 bits per heavy atom. The van der Waals surface area contributed by atoms with Crippen LogP contribution in [0.2, 0.25) is 0 Å². The highest BCUT2D eigenvalue weighted by atomic mass is 16.5. The molecule has 1 unspecified atom stereocenters. The number of carbonyl (C=O) groups excluding carboxylic acids is 2. The fourth-order valence-corrected chi connectivity index (χ4v) is 5.05. The number of pyridine rings is 1. The average molecular weight is 549 g/mol. The van der Waals surface area contributed by atoms with Crippen LogP contribution in [0, 0.1) is 6.92 Å². The predicted molar refractivity (Wildman–Crippen MR) is 149 cm³/mol. The van der Waals surface area contributed by atoms with Crippen molar-refractivity contribution in [3.63, 3.8) is 0 Å². The minimum Gasteiger partial charge on any atom is -0.484 e. The van der Waals surface area contributed by atoms with E-state index < -0.39 is 0 Å². The smallest absolute Gasteiger partial charge is 0.290 e. The normalized spacial score (nSPS) is 14.4. The minimum absolute atomic E-state index is 0.0405. The highest BCUT2D eigenvalue weighted by Gasteiger charge is 2.34. The van der Waals surface area contributed by atoms with E-state index in [2.05, 4.69) is 21.4 Å². The number of amides is 2. The molecule has 0 fully saturated rings. The fraction of sp³-hybridized carbons (Fsp3) is 0.188. The molecule has 0 saturated heterocycles. The molecule has 1 aliphatic heterocycles. The molecule has 2 amide bonds. The van der Waals surface area contributed by atoms with Gasteiger partial charge >= 0.3 is 0 Å². The highest BCUT2D eigenvalue weighted by Crippen LogP contribution is 2.38. The lowest BCUT2D eigenvalue weighted by Gasteiger charge is -2.37. The van der Waals surface area contributed by atoms with Crippen LogP contribution in [0.5, 0.6) is 5.75 Å². The first kappa shape index (κ1) is 26.1. The maximum atomic E-state index is 13.5. The molecule has 6 rings (SSSR count). The molecule has 2 aromatic carbocycles. The molecule has 0 radical (unpaired) electrons. The van der Waals surface area contributed by atoms with Crippen LogP contribution in [0.4, 0.5) is 0 Å². The standard InChI is InChI=1S/C32H28N4O5/c1-21-5-2-7-24(15-21)30-26-16-25(10-9-23(26)11-13-36(30)32(38)28-8-4-14-39-28)40-20-29-35-27(19-41-29)31(37)34-18-22-6-3-12-33-17-22/h2-10,12,14-17,19,30H,11,13,18,20H2,1H3,(H,34,37). The van der Waals surface area contributed by atoms with Crippen LogP contribution >= 0.6 is 0 Å². The third-order valence-corrected chi connectivity index (χ3v) is 7.02. The van der Waals surface area contributed by atoms with Gasteiger partial charge in [-0.25, -0.2) is 4.98 Å². The van der Waals surface area contributed by atoms with E-state index in [4.69, 9.17) is 13.6 Å². The Kier molecular flexibility index (Phi) is 7.32. The summed E-state index contributed by atoms with van der Waals surface area (Å²) in [5, 5.41) is 2.80. The van der Waals surface area contributed by atoms with Gasteiger partial charge in [-0.1, -0.05) is 42.0 Å². The summed E-state index contributed by atoms with van der Waals surface area (Å²) in [5.74, 6) is 0.684. The largest absolute Gasteiger partial charge is 0.484 e. The summed E-state index contributed by atoms with van der Waals surface area (Å²) in [5.41, 5.74) is 5.31. The number of furan rings is 1. The van der Waals surface area contributed by atoms with Gasteiger partial charge < -0.3 is 23.8 Å². The summed E-state index contributed by atoms with van der Waals surface area (Å²) in [6.07, 6.45) is 6.91. The number of hydrogen-bond donors (Lipinski definition) is 1. The number of ether oxygens (including phenoxy) is 1. The van der Waals surface area contributed by atoms with Crippen LogP contribution in [0.15, 0.2) is 100 Å². The van der Waals surface area contributed by atoms with E-state index in [-0.39, 0.29) is 36.0 Å². The van der Waals surface area contributed by atoms with Crippen LogP contribution in [-0.4, -0.2) is 33.2 Å². The van der Waals surface area contributed by atoms with Gasteiger partial charge in [0.1, 0.15) is 12.0 Å². The second kappa shape index (κ2) is 11.5. The lowest BCUT2D eigenvalue weighted by molar-refractivity contribution is 0.0661. The summed E-state index contributed by atoms with van der Waals surface area (Å²) in [6.45, 7) is 2.98. The van der Waals surface area contributed by atoms with E-state index in [1.807, 2.05) is 60.4 Å². The van der Waals surface area contributed by atoms with Gasteiger partial charge in [-0.3, -0.25) is 14.6 Å². The lowest BCUT2D eigenvalue weighted by Crippen LogP contribution is -2.40. The minimum atomic E-state index is -0.347. The van der Waals surface area contributed by atoms with Crippen molar-refractivity contribution < 1.29 is 23.2 Å². The van der Waals surface area contributed by atoms with E-state index in [9.17, 15) is 9.59 Å². The SMILES string of the molecule is Cc1cccc(C2c3cc(OCc4nc(C(=O)NCc5cccnc5)co4)ccc3CCN2C(=O)c2ccco2)c1. The van der Waals surface area contributed by atoms with E-state index in [1.165, 1.54) is 12.5 Å². The third-order valence-electron chi connectivity index (χ3n) is 7.02. The highest BCUT2D eigenvalue weighted by molar-refractivity contribution is 5.92. The first-order chi connectivity index (χ1) is 20.0. The number of benzene rings is 2. The van der Waals surface area contributed by atoms with E-state index >= 15 is 0 Å². The van der Waals surface area contributed by atoms with Crippen molar-refractivity contribution >= 4 is 11.8 Å². The first-order valence-corrected chi connectivity index (χ1v) is 13.3. The molecule has 41 heavy (non-hydrogen) atoms. The Bertz CT molecular complexity index is 1660. The zero-order valence-corrected chi connectivity index (χ0v) is 22.4. The van der Waals surface area contributed by atoms with Crippen LogP contribution in [0.25, 0.3) is 0 Å². The number of hydrogen-bond acceptors (Lipinski definition) is 7. The Morgan fingerprint density at radius 1 is 1.07 bits per heavy atom. The van der Waals surface area contributed by atoms with Crippen LogP contribution < -0.4 is 10.1 Å². The Morgan fingerprint density at radius 3 is 2.80 bits per heavy atom. The average Bonchev–Trinajstić information content (AvgIpc) is 3.71. The molecule has 9 heteroatoms. The molecule has 9 nitrogen and oxygen atoms in total.